The summed E-state index contributed by atoms with van der Waals surface area (Å²) in [5, 5.41) is 11.9. The fourth-order valence-corrected chi connectivity index (χ4v) is 2.14. The average molecular weight is 283 g/mol. The molecule has 0 aromatic heterocycles. The normalized spacial score (nSPS) is 10.2. The summed E-state index contributed by atoms with van der Waals surface area (Å²) < 4.78 is 0. The molecule has 4 heteroatoms. The molecule has 0 radical (unpaired) electrons. The molecule has 0 aliphatic heterocycles. The number of carboxylic acid groups (broad SMARTS) is 1. The summed E-state index contributed by atoms with van der Waals surface area (Å²) in [6.45, 7) is 5.49. The zero-order valence-corrected chi connectivity index (χ0v) is 12.2. The number of anilines is 1. The van der Waals surface area contributed by atoms with E-state index in [0.717, 1.165) is 11.1 Å². The van der Waals surface area contributed by atoms with Crippen molar-refractivity contribution in [3.05, 3.63) is 64.2 Å². The third-order valence-electron chi connectivity index (χ3n) is 3.44. The summed E-state index contributed by atoms with van der Waals surface area (Å²) >= 11 is 0. The van der Waals surface area contributed by atoms with Gasteiger partial charge in [0, 0.05) is 11.3 Å². The Hall–Kier alpha value is -2.62. The van der Waals surface area contributed by atoms with Gasteiger partial charge in [-0.3, -0.25) is 4.79 Å². The molecule has 0 aliphatic rings. The van der Waals surface area contributed by atoms with Crippen molar-refractivity contribution in [3.8, 4) is 0 Å². The van der Waals surface area contributed by atoms with Gasteiger partial charge in [-0.15, -0.1) is 0 Å². The molecule has 1 amide bonds. The van der Waals surface area contributed by atoms with Crippen LogP contribution in [0.1, 0.15) is 37.4 Å². The molecule has 0 fully saturated rings. The van der Waals surface area contributed by atoms with Gasteiger partial charge in [0.2, 0.25) is 0 Å². The van der Waals surface area contributed by atoms with Crippen LogP contribution in [0.4, 0.5) is 5.69 Å². The predicted octanol–water partition coefficient (Wildman–Crippen LogP) is 3.56. The second-order valence-electron chi connectivity index (χ2n) is 5.09. The van der Waals surface area contributed by atoms with Crippen molar-refractivity contribution in [2.24, 2.45) is 0 Å². The van der Waals surface area contributed by atoms with Gasteiger partial charge in [0.25, 0.3) is 5.91 Å². The van der Waals surface area contributed by atoms with Gasteiger partial charge in [0.05, 0.1) is 5.56 Å². The molecule has 0 atom stereocenters. The van der Waals surface area contributed by atoms with Crippen molar-refractivity contribution in [1.29, 1.82) is 0 Å². The first-order valence-corrected chi connectivity index (χ1v) is 6.61. The lowest BCUT2D eigenvalue weighted by Gasteiger charge is -2.11. The van der Waals surface area contributed by atoms with E-state index in [0.29, 0.717) is 16.8 Å². The Morgan fingerprint density at radius 2 is 1.76 bits per heavy atom. The molecule has 0 spiro atoms. The maximum absolute atomic E-state index is 12.2. The van der Waals surface area contributed by atoms with E-state index in [2.05, 4.69) is 5.32 Å². The van der Waals surface area contributed by atoms with Crippen molar-refractivity contribution in [2.75, 3.05) is 5.32 Å². The molecule has 0 bridgehead atoms. The number of carboxylic acids is 1. The van der Waals surface area contributed by atoms with Gasteiger partial charge in [-0.2, -0.15) is 0 Å². The topological polar surface area (TPSA) is 66.4 Å². The van der Waals surface area contributed by atoms with Crippen molar-refractivity contribution >= 4 is 17.6 Å². The van der Waals surface area contributed by atoms with Gasteiger partial charge in [-0.05, 0) is 56.2 Å². The Morgan fingerprint density at radius 3 is 2.38 bits per heavy atom. The number of nitrogens with one attached hydrogen (secondary N) is 1. The van der Waals surface area contributed by atoms with Crippen LogP contribution in [0.3, 0.4) is 0 Å². The smallest absolute Gasteiger partial charge is 0.336 e. The largest absolute Gasteiger partial charge is 0.478 e. The standard InChI is InChI=1S/C17H17NO3/c1-10-5-4-6-13(7-10)16(19)18-14-8-11(2)12(3)15(9-14)17(20)21/h4-9H,1-3H3,(H,18,19)(H,20,21). The monoisotopic (exact) mass is 283 g/mol. The van der Waals surface area contributed by atoms with E-state index < -0.39 is 5.97 Å². The molecule has 2 aromatic carbocycles. The molecule has 0 aliphatic carbocycles. The lowest BCUT2D eigenvalue weighted by atomic mass is 10.0. The van der Waals surface area contributed by atoms with E-state index >= 15 is 0 Å². The Labute approximate surface area is 123 Å². The fraction of sp³-hybridized carbons (Fsp3) is 0.176. The molecule has 0 unspecified atom stereocenters. The molecule has 0 saturated carbocycles. The molecule has 21 heavy (non-hydrogen) atoms. The number of amides is 1. The maximum Gasteiger partial charge on any atom is 0.336 e. The number of benzene rings is 2. The Bertz CT molecular complexity index is 720. The van der Waals surface area contributed by atoms with Crippen LogP contribution in [0.2, 0.25) is 0 Å². The molecule has 2 rings (SSSR count). The Balaban J connectivity index is 2.32. The number of carbonyl (C=O) groups is 2. The minimum Gasteiger partial charge on any atom is -0.478 e. The van der Waals surface area contributed by atoms with Crippen LogP contribution in [0.15, 0.2) is 36.4 Å². The zero-order chi connectivity index (χ0) is 15.6. The SMILES string of the molecule is Cc1cccc(C(=O)Nc2cc(C)c(C)c(C(=O)O)c2)c1. The highest BCUT2D eigenvalue weighted by molar-refractivity contribution is 6.05. The minimum absolute atomic E-state index is 0.203. The number of carbonyl (C=O) groups excluding carboxylic acids is 1. The second-order valence-corrected chi connectivity index (χ2v) is 5.09. The van der Waals surface area contributed by atoms with Gasteiger partial charge >= 0.3 is 5.97 Å². The van der Waals surface area contributed by atoms with Crippen LogP contribution >= 0.6 is 0 Å². The van der Waals surface area contributed by atoms with Crippen molar-refractivity contribution < 1.29 is 14.7 Å². The molecule has 108 valence electrons. The number of aryl methyl sites for hydroxylation is 2. The third kappa shape index (κ3) is 3.28. The second kappa shape index (κ2) is 5.79. The number of hydrogen-bond acceptors (Lipinski definition) is 2. The van der Waals surface area contributed by atoms with Gasteiger partial charge < -0.3 is 10.4 Å². The number of hydrogen-bond donors (Lipinski definition) is 2. The number of rotatable bonds is 3. The van der Waals surface area contributed by atoms with E-state index in [1.807, 2.05) is 26.0 Å². The minimum atomic E-state index is -0.998. The van der Waals surface area contributed by atoms with Gasteiger partial charge in [-0.1, -0.05) is 17.7 Å². The lowest BCUT2D eigenvalue weighted by molar-refractivity contribution is 0.0695. The summed E-state index contributed by atoms with van der Waals surface area (Å²) in [7, 11) is 0. The summed E-state index contributed by atoms with van der Waals surface area (Å²) in [5.41, 5.74) is 3.76. The highest BCUT2D eigenvalue weighted by Gasteiger charge is 2.13. The molecule has 0 heterocycles. The summed E-state index contributed by atoms with van der Waals surface area (Å²) in [6.07, 6.45) is 0. The first-order valence-electron chi connectivity index (χ1n) is 6.61. The molecular weight excluding hydrogens is 266 g/mol. The van der Waals surface area contributed by atoms with Crippen LogP contribution in [0.25, 0.3) is 0 Å². The van der Waals surface area contributed by atoms with Crippen molar-refractivity contribution in [3.63, 3.8) is 0 Å². The van der Waals surface area contributed by atoms with E-state index in [1.165, 1.54) is 6.07 Å². The van der Waals surface area contributed by atoms with E-state index in [9.17, 15) is 14.7 Å². The molecule has 4 nitrogen and oxygen atoms in total. The van der Waals surface area contributed by atoms with Gasteiger partial charge in [0.1, 0.15) is 0 Å². The van der Waals surface area contributed by atoms with Crippen LogP contribution in [-0.4, -0.2) is 17.0 Å². The average Bonchev–Trinajstić information content (AvgIpc) is 2.42. The lowest BCUT2D eigenvalue weighted by Crippen LogP contribution is -2.13. The van der Waals surface area contributed by atoms with Gasteiger partial charge in [-0.25, -0.2) is 4.79 Å². The first kappa shape index (κ1) is 14.8. The molecule has 0 saturated heterocycles. The number of aromatic carboxylic acids is 1. The summed E-state index contributed by atoms with van der Waals surface area (Å²) in [5.74, 6) is -1.25. The van der Waals surface area contributed by atoms with Crippen LogP contribution in [0, 0.1) is 20.8 Å². The quantitative estimate of drug-likeness (QED) is 0.905. The highest BCUT2D eigenvalue weighted by atomic mass is 16.4. The molecule has 2 N–H and O–H groups in total. The summed E-state index contributed by atoms with van der Waals surface area (Å²) in [4.78, 5) is 23.4. The fourth-order valence-electron chi connectivity index (χ4n) is 2.14. The van der Waals surface area contributed by atoms with E-state index in [1.54, 1.807) is 25.1 Å². The molecule has 2 aromatic rings. The van der Waals surface area contributed by atoms with Crippen LogP contribution in [0.5, 0.6) is 0 Å². The molecular formula is C17H17NO3. The Morgan fingerprint density at radius 1 is 1.05 bits per heavy atom. The zero-order valence-electron chi connectivity index (χ0n) is 12.2. The van der Waals surface area contributed by atoms with Crippen molar-refractivity contribution in [2.45, 2.75) is 20.8 Å². The maximum atomic E-state index is 12.2. The summed E-state index contributed by atoms with van der Waals surface area (Å²) in [6, 6.07) is 10.5. The Kier molecular flexibility index (Phi) is 4.08. The van der Waals surface area contributed by atoms with Crippen molar-refractivity contribution in [1.82, 2.24) is 0 Å². The highest BCUT2D eigenvalue weighted by Crippen LogP contribution is 2.20. The third-order valence-corrected chi connectivity index (χ3v) is 3.44. The first-order chi connectivity index (χ1) is 9.88. The van der Waals surface area contributed by atoms with E-state index in [-0.39, 0.29) is 11.5 Å². The van der Waals surface area contributed by atoms with Crippen LogP contribution < -0.4 is 5.32 Å². The predicted molar refractivity (Wildman–Crippen MR) is 82.0 cm³/mol. The van der Waals surface area contributed by atoms with Gasteiger partial charge in [0.15, 0.2) is 0 Å². The van der Waals surface area contributed by atoms with E-state index in [4.69, 9.17) is 0 Å². The van der Waals surface area contributed by atoms with Crippen LogP contribution in [-0.2, 0) is 0 Å².